The summed E-state index contributed by atoms with van der Waals surface area (Å²) in [7, 11) is 1.75. The van der Waals surface area contributed by atoms with Gasteiger partial charge in [0.1, 0.15) is 12.1 Å². The van der Waals surface area contributed by atoms with Crippen LogP contribution in [0.1, 0.15) is 51.0 Å². The highest BCUT2D eigenvalue weighted by molar-refractivity contribution is 5.88. The Kier molecular flexibility index (Phi) is 6.47. The van der Waals surface area contributed by atoms with Gasteiger partial charge in [-0.1, -0.05) is 13.8 Å². The van der Waals surface area contributed by atoms with Crippen LogP contribution in [0.5, 0.6) is 0 Å². The van der Waals surface area contributed by atoms with E-state index in [0.717, 1.165) is 54.0 Å². The van der Waals surface area contributed by atoms with E-state index in [2.05, 4.69) is 58.0 Å². The number of hydrogen-bond donors (Lipinski definition) is 0. The predicted octanol–water partition coefficient (Wildman–Crippen LogP) is 2.80. The Bertz CT molecular complexity index is 1220. The fraction of sp³-hybridized carbons (Fsp3) is 0.542. The van der Waals surface area contributed by atoms with Gasteiger partial charge in [-0.2, -0.15) is 20.6 Å². The van der Waals surface area contributed by atoms with Gasteiger partial charge >= 0.3 is 0 Å². The largest absolute Gasteiger partial charge is 0.364 e. The minimum absolute atomic E-state index is 0.0670. The molecule has 174 valence electrons. The molecule has 0 N–H and O–H groups in total. The number of aromatic nitrogens is 5. The van der Waals surface area contributed by atoms with Crippen molar-refractivity contribution in [3.05, 3.63) is 46.1 Å². The number of piperazine rings is 1. The van der Waals surface area contributed by atoms with Gasteiger partial charge in [-0.3, -0.25) is 14.4 Å². The highest BCUT2D eigenvalue weighted by Gasteiger charge is 2.36. The van der Waals surface area contributed by atoms with E-state index in [9.17, 15) is 4.79 Å². The summed E-state index contributed by atoms with van der Waals surface area (Å²) in [6.45, 7) is 10.4. The Balaban J connectivity index is 1.72. The molecule has 3 aromatic rings. The van der Waals surface area contributed by atoms with Crippen molar-refractivity contribution in [3.8, 4) is 6.07 Å². The summed E-state index contributed by atoms with van der Waals surface area (Å²) in [6, 6.07) is 8.59. The normalized spacial score (nSPS) is 20.2. The number of nitrogens with zero attached hydrogens (tertiary/aromatic N) is 8. The second-order valence-corrected chi connectivity index (χ2v) is 8.89. The van der Waals surface area contributed by atoms with E-state index in [1.165, 1.54) is 0 Å². The summed E-state index contributed by atoms with van der Waals surface area (Å²) in [5, 5.41) is 22.5. The van der Waals surface area contributed by atoms with Crippen molar-refractivity contribution >= 4 is 16.7 Å². The van der Waals surface area contributed by atoms with Crippen LogP contribution in [-0.2, 0) is 13.6 Å². The molecule has 0 bridgehead atoms. The van der Waals surface area contributed by atoms with E-state index in [4.69, 9.17) is 5.26 Å². The van der Waals surface area contributed by atoms with Crippen LogP contribution in [0.2, 0.25) is 0 Å². The Morgan fingerprint density at radius 3 is 2.58 bits per heavy atom. The number of nitriles is 1. The summed E-state index contributed by atoms with van der Waals surface area (Å²) in [6.07, 6.45) is 3.71. The van der Waals surface area contributed by atoms with Crippen molar-refractivity contribution in [2.45, 2.75) is 65.2 Å². The standard InChI is InChI=1S/C24H32N8O/c1-6-18-14-32(19(7-2)13-31(18)17(4)20-9-8-16(3)26-27-20)21-12-23(33)29(5)22-15-30(11-10-25)28-24(21)22/h8-9,12,15,17-19H,6-7,11,13-14H2,1-5H3/t17?,18-,19+/m1/s1. The van der Waals surface area contributed by atoms with Gasteiger partial charge in [0, 0.05) is 38.3 Å². The van der Waals surface area contributed by atoms with Gasteiger partial charge in [0.2, 0.25) is 0 Å². The molecule has 1 aliphatic heterocycles. The SMILES string of the molecule is CC[C@H]1CN(C(C)c2ccc(C)nn2)[C@H](CC)CN1c1cc(=O)n(C)c2cn(CC#N)nc12. The van der Waals surface area contributed by atoms with Gasteiger partial charge in [-0.05, 0) is 38.8 Å². The van der Waals surface area contributed by atoms with E-state index >= 15 is 0 Å². The smallest absolute Gasteiger partial charge is 0.252 e. The minimum Gasteiger partial charge on any atom is -0.364 e. The molecule has 0 aromatic carbocycles. The number of anilines is 1. The molecule has 0 amide bonds. The predicted molar refractivity (Wildman–Crippen MR) is 128 cm³/mol. The van der Waals surface area contributed by atoms with Crippen LogP contribution in [0.25, 0.3) is 11.0 Å². The van der Waals surface area contributed by atoms with Crippen LogP contribution < -0.4 is 10.5 Å². The van der Waals surface area contributed by atoms with E-state index < -0.39 is 0 Å². The van der Waals surface area contributed by atoms with Gasteiger partial charge in [0.25, 0.3) is 5.56 Å². The highest BCUT2D eigenvalue weighted by Crippen LogP contribution is 2.33. The van der Waals surface area contributed by atoms with Crippen molar-refractivity contribution in [1.82, 2.24) is 29.4 Å². The zero-order valence-corrected chi connectivity index (χ0v) is 20.1. The summed E-state index contributed by atoms with van der Waals surface area (Å²) in [5.74, 6) is 0. The minimum atomic E-state index is -0.0670. The van der Waals surface area contributed by atoms with Gasteiger partial charge in [0.05, 0.1) is 40.9 Å². The van der Waals surface area contributed by atoms with Crippen LogP contribution >= 0.6 is 0 Å². The lowest BCUT2D eigenvalue weighted by Gasteiger charge is -2.49. The fourth-order valence-corrected chi connectivity index (χ4v) is 4.87. The summed E-state index contributed by atoms with van der Waals surface area (Å²) < 4.78 is 3.21. The van der Waals surface area contributed by atoms with Crippen molar-refractivity contribution in [2.24, 2.45) is 7.05 Å². The topological polar surface area (TPSA) is 95.9 Å². The van der Waals surface area contributed by atoms with Crippen LogP contribution in [-0.4, -0.2) is 54.6 Å². The zero-order chi connectivity index (χ0) is 23.7. The molecular weight excluding hydrogens is 416 g/mol. The summed E-state index contributed by atoms with van der Waals surface area (Å²) >= 11 is 0. The van der Waals surface area contributed by atoms with Gasteiger partial charge in [-0.25, -0.2) is 0 Å². The molecule has 0 spiro atoms. The maximum absolute atomic E-state index is 12.8. The number of hydrogen-bond acceptors (Lipinski definition) is 7. The fourth-order valence-electron chi connectivity index (χ4n) is 4.87. The average molecular weight is 449 g/mol. The molecule has 9 heteroatoms. The lowest BCUT2D eigenvalue weighted by atomic mass is 9.98. The van der Waals surface area contributed by atoms with Crippen LogP contribution in [0.3, 0.4) is 0 Å². The molecule has 0 radical (unpaired) electrons. The lowest BCUT2D eigenvalue weighted by molar-refractivity contribution is 0.0986. The maximum atomic E-state index is 12.8. The summed E-state index contributed by atoms with van der Waals surface area (Å²) in [5.41, 5.74) is 4.21. The van der Waals surface area contributed by atoms with Crippen molar-refractivity contribution < 1.29 is 0 Å². The Labute approximate surface area is 194 Å². The third-order valence-electron chi connectivity index (χ3n) is 6.90. The molecule has 1 unspecified atom stereocenters. The number of pyridine rings is 1. The van der Waals surface area contributed by atoms with Crippen LogP contribution in [0, 0.1) is 18.3 Å². The molecule has 4 rings (SSSR count). The molecule has 4 heterocycles. The molecule has 0 saturated carbocycles. The first kappa shape index (κ1) is 22.9. The second-order valence-electron chi connectivity index (χ2n) is 8.89. The maximum Gasteiger partial charge on any atom is 0.252 e. The Morgan fingerprint density at radius 2 is 1.94 bits per heavy atom. The highest BCUT2D eigenvalue weighted by atomic mass is 16.1. The van der Waals surface area contributed by atoms with Gasteiger partial charge in [-0.15, -0.1) is 0 Å². The molecule has 9 nitrogen and oxygen atoms in total. The summed E-state index contributed by atoms with van der Waals surface area (Å²) in [4.78, 5) is 17.7. The third kappa shape index (κ3) is 4.23. The number of rotatable bonds is 6. The van der Waals surface area contributed by atoms with Gasteiger partial charge in [0.15, 0.2) is 0 Å². The molecule has 3 atom stereocenters. The number of fused-ring (bicyclic) bond motifs is 1. The number of aryl methyl sites for hydroxylation is 2. The van der Waals surface area contributed by atoms with Crippen molar-refractivity contribution in [1.29, 1.82) is 5.26 Å². The molecular formula is C24H32N8O. The Morgan fingerprint density at radius 1 is 1.18 bits per heavy atom. The average Bonchev–Trinajstić information content (AvgIpc) is 3.25. The van der Waals surface area contributed by atoms with E-state index in [1.54, 1.807) is 28.6 Å². The molecule has 1 aliphatic rings. The zero-order valence-electron chi connectivity index (χ0n) is 20.1. The molecule has 0 aliphatic carbocycles. The second kappa shape index (κ2) is 9.32. The monoisotopic (exact) mass is 448 g/mol. The van der Waals surface area contributed by atoms with E-state index in [0.29, 0.717) is 6.04 Å². The molecule has 33 heavy (non-hydrogen) atoms. The van der Waals surface area contributed by atoms with Crippen LogP contribution in [0.4, 0.5) is 5.69 Å². The van der Waals surface area contributed by atoms with E-state index in [-0.39, 0.29) is 24.2 Å². The van der Waals surface area contributed by atoms with Crippen molar-refractivity contribution in [2.75, 3.05) is 18.0 Å². The first-order chi connectivity index (χ1) is 15.9. The molecule has 1 saturated heterocycles. The lowest BCUT2D eigenvalue weighted by Crippen LogP contribution is -2.59. The van der Waals surface area contributed by atoms with Gasteiger partial charge < -0.3 is 9.47 Å². The Hall–Kier alpha value is -3.25. The van der Waals surface area contributed by atoms with E-state index in [1.807, 2.05) is 13.0 Å². The molecule has 3 aromatic heterocycles. The first-order valence-corrected chi connectivity index (χ1v) is 11.6. The first-order valence-electron chi connectivity index (χ1n) is 11.6. The van der Waals surface area contributed by atoms with Crippen molar-refractivity contribution in [3.63, 3.8) is 0 Å². The quantitative estimate of drug-likeness (QED) is 0.572. The van der Waals surface area contributed by atoms with Crippen LogP contribution in [0.15, 0.2) is 29.2 Å². The third-order valence-corrected chi connectivity index (χ3v) is 6.90. The molecule has 1 fully saturated rings.